The van der Waals surface area contributed by atoms with Crippen LogP contribution in [-0.4, -0.2) is 43.7 Å². The summed E-state index contributed by atoms with van der Waals surface area (Å²) in [5.74, 6) is 0.665. The minimum absolute atomic E-state index is 0.0424. The van der Waals surface area contributed by atoms with Crippen molar-refractivity contribution in [3.63, 3.8) is 0 Å². The third kappa shape index (κ3) is 4.48. The maximum absolute atomic E-state index is 11.8. The molecule has 4 nitrogen and oxygen atoms in total. The lowest BCUT2D eigenvalue weighted by Gasteiger charge is -2.29. The van der Waals surface area contributed by atoms with Gasteiger partial charge >= 0.3 is 6.03 Å². The lowest BCUT2D eigenvalue weighted by molar-refractivity contribution is 0.207. The highest BCUT2D eigenvalue weighted by atomic mass is 16.2. The summed E-state index contributed by atoms with van der Waals surface area (Å²) in [5.41, 5.74) is 0. The molecule has 1 saturated heterocycles. The van der Waals surface area contributed by atoms with Gasteiger partial charge in [-0.2, -0.15) is 0 Å². The molecule has 1 aliphatic heterocycles. The van der Waals surface area contributed by atoms with E-state index in [2.05, 4.69) is 22.6 Å². The zero-order chi connectivity index (χ0) is 12.8. The second kappa shape index (κ2) is 6.98. The number of urea groups is 1. The number of carbonyl (C=O) groups excluding carboxylic acids is 1. The summed E-state index contributed by atoms with van der Waals surface area (Å²) in [7, 11) is 2.17. The van der Waals surface area contributed by atoms with Crippen LogP contribution in [0.15, 0.2) is 0 Å². The molecule has 2 aliphatic rings. The topological polar surface area (TPSA) is 44.4 Å². The van der Waals surface area contributed by atoms with Crippen LogP contribution < -0.4 is 10.6 Å². The fourth-order valence-corrected chi connectivity index (χ4v) is 2.99. The molecule has 0 aromatic heterocycles. The number of piperidine rings is 1. The first-order chi connectivity index (χ1) is 8.74. The van der Waals surface area contributed by atoms with E-state index in [4.69, 9.17) is 0 Å². The van der Waals surface area contributed by atoms with Gasteiger partial charge < -0.3 is 15.5 Å². The molecule has 104 valence electrons. The van der Waals surface area contributed by atoms with E-state index < -0.39 is 0 Å². The first-order valence-corrected chi connectivity index (χ1v) is 7.47. The summed E-state index contributed by atoms with van der Waals surface area (Å²) < 4.78 is 0. The van der Waals surface area contributed by atoms with Gasteiger partial charge in [-0.3, -0.25) is 0 Å². The molecule has 1 saturated carbocycles. The molecular formula is C14H27N3O. The van der Waals surface area contributed by atoms with Gasteiger partial charge in [-0.1, -0.05) is 19.3 Å². The fourth-order valence-electron chi connectivity index (χ4n) is 2.99. The van der Waals surface area contributed by atoms with E-state index >= 15 is 0 Å². The second-order valence-electron chi connectivity index (χ2n) is 5.94. The zero-order valence-corrected chi connectivity index (χ0v) is 11.6. The highest BCUT2D eigenvalue weighted by Crippen LogP contribution is 2.17. The van der Waals surface area contributed by atoms with Crippen molar-refractivity contribution >= 4 is 6.03 Å². The van der Waals surface area contributed by atoms with Crippen molar-refractivity contribution in [3.8, 4) is 0 Å². The summed E-state index contributed by atoms with van der Waals surface area (Å²) in [6.07, 6.45) is 8.58. The Balaban J connectivity index is 1.59. The van der Waals surface area contributed by atoms with Crippen LogP contribution in [0.1, 0.15) is 44.9 Å². The number of hydrogen-bond acceptors (Lipinski definition) is 2. The number of nitrogens with one attached hydrogen (secondary N) is 2. The summed E-state index contributed by atoms with van der Waals surface area (Å²) in [5, 5.41) is 6.15. The molecule has 0 spiro atoms. The van der Waals surface area contributed by atoms with E-state index in [-0.39, 0.29) is 6.03 Å². The number of hydrogen-bond donors (Lipinski definition) is 2. The molecule has 0 bridgehead atoms. The van der Waals surface area contributed by atoms with Gasteiger partial charge in [0.2, 0.25) is 0 Å². The number of rotatable bonds is 3. The smallest absolute Gasteiger partial charge is 0.315 e. The van der Waals surface area contributed by atoms with Crippen molar-refractivity contribution < 1.29 is 4.79 Å². The minimum Gasteiger partial charge on any atom is -0.338 e. The average Bonchev–Trinajstić information content (AvgIpc) is 2.39. The average molecular weight is 253 g/mol. The Kier molecular flexibility index (Phi) is 5.29. The molecule has 0 atom stereocenters. The highest BCUT2D eigenvalue weighted by molar-refractivity contribution is 5.74. The van der Waals surface area contributed by atoms with Crippen molar-refractivity contribution in [1.82, 2.24) is 15.5 Å². The van der Waals surface area contributed by atoms with Gasteiger partial charge in [0.25, 0.3) is 0 Å². The predicted octanol–water partition coefficient (Wildman–Crippen LogP) is 1.96. The number of nitrogens with zero attached hydrogens (tertiary/aromatic N) is 1. The largest absolute Gasteiger partial charge is 0.338 e. The summed E-state index contributed by atoms with van der Waals surface area (Å²) in [6, 6.07) is 0.456. The molecule has 0 aromatic carbocycles. The maximum Gasteiger partial charge on any atom is 0.315 e. The van der Waals surface area contributed by atoms with Crippen LogP contribution >= 0.6 is 0 Å². The van der Waals surface area contributed by atoms with Crippen molar-refractivity contribution in [2.24, 2.45) is 5.92 Å². The van der Waals surface area contributed by atoms with Crippen LogP contribution in [0.5, 0.6) is 0 Å². The number of amides is 2. The van der Waals surface area contributed by atoms with Crippen molar-refractivity contribution in [1.29, 1.82) is 0 Å². The second-order valence-corrected chi connectivity index (χ2v) is 5.94. The van der Waals surface area contributed by atoms with Gasteiger partial charge in [-0.05, 0) is 51.7 Å². The number of likely N-dealkylation sites (tertiary alicyclic amines) is 1. The third-order valence-electron chi connectivity index (χ3n) is 4.33. The van der Waals surface area contributed by atoms with Crippen molar-refractivity contribution in [2.75, 3.05) is 26.7 Å². The molecule has 1 heterocycles. The molecule has 0 radical (unpaired) electrons. The minimum atomic E-state index is 0.0424. The Hall–Kier alpha value is -0.770. The normalized spacial score (nSPS) is 23.8. The van der Waals surface area contributed by atoms with E-state index in [0.29, 0.717) is 12.0 Å². The molecule has 4 heteroatoms. The molecular weight excluding hydrogens is 226 g/mol. The van der Waals surface area contributed by atoms with Gasteiger partial charge in [-0.25, -0.2) is 4.79 Å². The van der Waals surface area contributed by atoms with Crippen LogP contribution in [-0.2, 0) is 0 Å². The molecule has 18 heavy (non-hydrogen) atoms. The summed E-state index contributed by atoms with van der Waals surface area (Å²) in [6.45, 7) is 3.17. The monoisotopic (exact) mass is 253 g/mol. The first kappa shape index (κ1) is 13.7. The van der Waals surface area contributed by atoms with E-state index in [1.54, 1.807) is 0 Å². The standard InChI is InChI=1S/C14H27N3O/c1-17-9-7-12(8-10-17)11-15-14(18)16-13-5-3-2-4-6-13/h12-13H,2-11H2,1H3,(H2,15,16,18). The lowest BCUT2D eigenvalue weighted by Crippen LogP contribution is -2.45. The Morgan fingerprint density at radius 1 is 1.11 bits per heavy atom. The van der Waals surface area contributed by atoms with Crippen LogP contribution in [0.4, 0.5) is 4.79 Å². The SMILES string of the molecule is CN1CCC(CNC(=O)NC2CCCCC2)CC1. The Morgan fingerprint density at radius 2 is 1.78 bits per heavy atom. The molecule has 2 fully saturated rings. The van der Waals surface area contributed by atoms with E-state index in [9.17, 15) is 4.79 Å². The van der Waals surface area contributed by atoms with Crippen LogP contribution in [0.25, 0.3) is 0 Å². The van der Waals surface area contributed by atoms with E-state index in [1.165, 1.54) is 32.1 Å². The Labute approximate surface area is 110 Å². The van der Waals surface area contributed by atoms with Gasteiger partial charge in [0.1, 0.15) is 0 Å². The molecule has 0 aromatic rings. The van der Waals surface area contributed by atoms with E-state index in [0.717, 1.165) is 32.5 Å². The Morgan fingerprint density at radius 3 is 2.44 bits per heavy atom. The summed E-state index contributed by atoms with van der Waals surface area (Å²) >= 11 is 0. The van der Waals surface area contributed by atoms with Gasteiger partial charge in [0.15, 0.2) is 0 Å². The highest BCUT2D eigenvalue weighted by Gasteiger charge is 2.19. The third-order valence-corrected chi connectivity index (χ3v) is 4.33. The van der Waals surface area contributed by atoms with Crippen LogP contribution in [0, 0.1) is 5.92 Å². The Bertz CT molecular complexity index is 256. The van der Waals surface area contributed by atoms with E-state index in [1.807, 2.05) is 0 Å². The fraction of sp³-hybridized carbons (Fsp3) is 0.929. The van der Waals surface area contributed by atoms with Crippen molar-refractivity contribution in [2.45, 2.75) is 51.0 Å². The molecule has 0 unspecified atom stereocenters. The first-order valence-electron chi connectivity index (χ1n) is 7.47. The van der Waals surface area contributed by atoms with Gasteiger partial charge in [0.05, 0.1) is 0 Å². The predicted molar refractivity (Wildman–Crippen MR) is 73.6 cm³/mol. The zero-order valence-electron chi connectivity index (χ0n) is 11.6. The lowest BCUT2D eigenvalue weighted by atomic mass is 9.95. The maximum atomic E-state index is 11.8. The van der Waals surface area contributed by atoms with Crippen molar-refractivity contribution in [3.05, 3.63) is 0 Å². The molecule has 2 rings (SSSR count). The molecule has 2 amide bonds. The van der Waals surface area contributed by atoms with Crippen LogP contribution in [0.2, 0.25) is 0 Å². The molecule has 2 N–H and O–H groups in total. The molecule has 1 aliphatic carbocycles. The van der Waals surface area contributed by atoms with Gasteiger partial charge in [-0.15, -0.1) is 0 Å². The quantitative estimate of drug-likeness (QED) is 0.807. The summed E-state index contributed by atoms with van der Waals surface area (Å²) in [4.78, 5) is 14.1. The number of carbonyl (C=O) groups is 1. The van der Waals surface area contributed by atoms with Crippen LogP contribution in [0.3, 0.4) is 0 Å². The van der Waals surface area contributed by atoms with Gasteiger partial charge in [0, 0.05) is 12.6 Å².